The van der Waals surface area contributed by atoms with Crippen molar-refractivity contribution in [3.63, 3.8) is 0 Å². The van der Waals surface area contributed by atoms with Gasteiger partial charge in [0.15, 0.2) is 0 Å². The molecule has 1 saturated carbocycles. The monoisotopic (exact) mass is 506 g/mol. The van der Waals surface area contributed by atoms with Crippen molar-refractivity contribution in [2.45, 2.75) is 19.8 Å². The van der Waals surface area contributed by atoms with Gasteiger partial charge in [0.1, 0.15) is 11.9 Å². The van der Waals surface area contributed by atoms with Crippen molar-refractivity contribution in [1.29, 1.82) is 0 Å². The summed E-state index contributed by atoms with van der Waals surface area (Å²) in [5.41, 5.74) is 5.88. The van der Waals surface area contributed by atoms with Crippen molar-refractivity contribution in [1.82, 2.24) is 15.6 Å². The summed E-state index contributed by atoms with van der Waals surface area (Å²) in [4.78, 5) is 25.5. The number of quaternary nitrogens is 1. The molecule has 1 unspecified atom stereocenters. The first-order chi connectivity index (χ1) is 18.5. The Labute approximate surface area is 222 Å². The van der Waals surface area contributed by atoms with Crippen LogP contribution in [-0.2, 0) is 4.79 Å². The minimum absolute atomic E-state index is 0.00394. The predicted octanol–water partition coefficient (Wildman–Crippen LogP) is 3.87. The van der Waals surface area contributed by atoms with Gasteiger partial charge in [-0.2, -0.15) is 10.8 Å². The third-order valence-electron chi connectivity index (χ3n) is 7.57. The number of benzene rings is 2. The summed E-state index contributed by atoms with van der Waals surface area (Å²) in [7, 11) is 0. The van der Waals surface area contributed by atoms with Gasteiger partial charge in [0, 0.05) is 36.9 Å². The van der Waals surface area contributed by atoms with Gasteiger partial charge in [-0.3, -0.25) is 9.79 Å². The van der Waals surface area contributed by atoms with Crippen molar-refractivity contribution >= 4 is 28.9 Å². The standard InChI is InChI=1S/C30H31N7O/c1-20(38)34-12-11-32-18-21-15-25(16-21)29-28-19-33-13-14-37(28,31)30(36-29)24-8-7-23-9-10-26(35-27(23)17-24)22-5-3-2-4-6-22/h2-10,13-14,17,19,21,25,32H,11-12,15-16,18,31H2,1H3/p+1. The molecule has 2 aliphatic heterocycles. The Morgan fingerprint density at radius 3 is 2.68 bits per heavy atom. The van der Waals surface area contributed by atoms with E-state index in [0.717, 1.165) is 70.9 Å². The quantitative estimate of drug-likeness (QED) is 0.245. The summed E-state index contributed by atoms with van der Waals surface area (Å²) in [5, 5.41) is 7.34. The topological polar surface area (TPSA) is 105 Å². The molecule has 0 radical (unpaired) electrons. The number of carbonyl (C=O) groups excluding carboxylic acids is 1. The van der Waals surface area contributed by atoms with Crippen LogP contribution in [0.15, 0.2) is 94.4 Å². The lowest BCUT2D eigenvalue weighted by Crippen LogP contribution is -2.53. The van der Waals surface area contributed by atoms with E-state index < -0.39 is 0 Å². The third-order valence-corrected chi connectivity index (χ3v) is 7.57. The number of aliphatic imine (C=N–C) groups is 2. The molecular formula is C30H32N7O+. The van der Waals surface area contributed by atoms with Crippen LogP contribution >= 0.6 is 0 Å². The first-order valence-electron chi connectivity index (χ1n) is 13.2. The Morgan fingerprint density at radius 2 is 1.87 bits per heavy atom. The lowest BCUT2D eigenvalue weighted by Gasteiger charge is -2.35. The van der Waals surface area contributed by atoms with Crippen molar-refractivity contribution in [2.75, 3.05) is 19.6 Å². The number of amidine groups is 1. The summed E-state index contributed by atoms with van der Waals surface area (Å²) in [6, 6.07) is 20.6. The summed E-state index contributed by atoms with van der Waals surface area (Å²) in [6.45, 7) is 3.90. The van der Waals surface area contributed by atoms with Gasteiger partial charge < -0.3 is 10.6 Å². The Hall–Kier alpha value is -3.98. The number of nitrogens with zero attached hydrogens (tertiary/aromatic N) is 4. The second-order valence-electron chi connectivity index (χ2n) is 10.3. The van der Waals surface area contributed by atoms with E-state index in [4.69, 9.17) is 15.8 Å². The van der Waals surface area contributed by atoms with Gasteiger partial charge in [0.2, 0.25) is 11.6 Å². The molecule has 0 bridgehead atoms. The van der Waals surface area contributed by atoms with Crippen LogP contribution in [0.5, 0.6) is 0 Å². The van der Waals surface area contributed by atoms with Crippen LogP contribution in [-0.4, -0.2) is 47.2 Å². The molecule has 2 aromatic carbocycles. The second kappa shape index (κ2) is 10.1. The Morgan fingerprint density at radius 1 is 1.05 bits per heavy atom. The number of amides is 1. The average molecular weight is 507 g/mol. The molecule has 1 aliphatic carbocycles. The molecule has 6 rings (SSSR count). The Kier molecular flexibility index (Phi) is 6.45. The number of nitrogens with one attached hydrogen (secondary N) is 2. The fraction of sp³-hybridized carbons (Fsp3) is 0.267. The highest BCUT2D eigenvalue weighted by Gasteiger charge is 2.48. The number of rotatable bonds is 8. The number of aromatic nitrogens is 1. The molecule has 4 N–H and O–H groups in total. The highest BCUT2D eigenvalue weighted by molar-refractivity contribution is 6.02. The number of hydrogen-bond acceptors (Lipinski definition) is 6. The Bertz CT molecular complexity index is 1500. The van der Waals surface area contributed by atoms with E-state index in [9.17, 15) is 4.79 Å². The molecule has 3 aliphatic rings. The van der Waals surface area contributed by atoms with E-state index >= 15 is 0 Å². The molecule has 8 heteroatoms. The van der Waals surface area contributed by atoms with Crippen LogP contribution < -0.4 is 16.5 Å². The molecule has 8 nitrogen and oxygen atoms in total. The minimum atomic E-state index is 0.00394. The van der Waals surface area contributed by atoms with Crippen molar-refractivity contribution in [3.8, 4) is 11.3 Å². The van der Waals surface area contributed by atoms with Gasteiger partial charge >= 0.3 is 0 Å². The number of carbonyl (C=O) groups is 1. The lowest BCUT2D eigenvalue weighted by molar-refractivity contribution is -0.750. The summed E-state index contributed by atoms with van der Waals surface area (Å²) in [5.74, 6) is 8.73. The highest BCUT2D eigenvalue weighted by atomic mass is 16.1. The second-order valence-corrected chi connectivity index (χ2v) is 10.3. The van der Waals surface area contributed by atoms with E-state index in [2.05, 4.69) is 58.1 Å². The van der Waals surface area contributed by atoms with Crippen molar-refractivity contribution < 1.29 is 9.39 Å². The smallest absolute Gasteiger partial charge is 0.264 e. The van der Waals surface area contributed by atoms with Gasteiger partial charge in [0.05, 0.1) is 29.2 Å². The average Bonchev–Trinajstić information content (AvgIpc) is 3.21. The fourth-order valence-electron chi connectivity index (χ4n) is 5.49. The Balaban J connectivity index is 1.23. The zero-order valence-electron chi connectivity index (χ0n) is 21.5. The molecule has 3 aromatic rings. The summed E-state index contributed by atoms with van der Waals surface area (Å²) in [6.07, 6.45) is 7.62. The maximum atomic E-state index is 11.0. The summed E-state index contributed by atoms with van der Waals surface area (Å²) < 4.78 is 0.0266. The van der Waals surface area contributed by atoms with Crippen LogP contribution in [0.25, 0.3) is 22.2 Å². The van der Waals surface area contributed by atoms with E-state index in [0.29, 0.717) is 18.4 Å². The summed E-state index contributed by atoms with van der Waals surface area (Å²) >= 11 is 0. The van der Waals surface area contributed by atoms with Crippen molar-refractivity contribution in [3.05, 3.63) is 90.0 Å². The van der Waals surface area contributed by atoms with Crippen LogP contribution in [0.1, 0.15) is 25.3 Å². The van der Waals surface area contributed by atoms with Crippen LogP contribution in [0.2, 0.25) is 0 Å². The minimum Gasteiger partial charge on any atom is -0.355 e. The van der Waals surface area contributed by atoms with Crippen LogP contribution in [0.4, 0.5) is 0 Å². The zero-order chi connectivity index (χ0) is 26.1. The van der Waals surface area contributed by atoms with E-state index in [1.165, 1.54) is 6.92 Å². The maximum absolute atomic E-state index is 11.0. The molecule has 3 heterocycles. The normalized spacial score (nSPS) is 23.8. The number of hydrogen-bond donors (Lipinski definition) is 3. The number of fused-ring (bicyclic) bond motifs is 2. The van der Waals surface area contributed by atoms with Crippen molar-refractivity contribution in [2.24, 2.45) is 27.7 Å². The van der Waals surface area contributed by atoms with Crippen LogP contribution in [0.3, 0.4) is 0 Å². The van der Waals surface area contributed by atoms with E-state index in [-0.39, 0.29) is 10.5 Å². The molecule has 192 valence electrons. The van der Waals surface area contributed by atoms with Gasteiger partial charge in [0.25, 0.3) is 5.84 Å². The lowest BCUT2D eigenvalue weighted by atomic mass is 9.73. The largest absolute Gasteiger partial charge is 0.355 e. The van der Waals surface area contributed by atoms with Gasteiger partial charge in [-0.1, -0.05) is 42.5 Å². The third kappa shape index (κ3) is 4.58. The first kappa shape index (κ1) is 24.4. The zero-order valence-corrected chi connectivity index (χ0v) is 21.5. The molecule has 0 spiro atoms. The SMILES string of the molecule is CC(=O)NCCNCC1CC(C2=C3C=NC=C[N+]3(N)C(c3ccc4ccc(-c5ccccc5)nc4c3)=N2)C1. The molecular weight excluding hydrogens is 474 g/mol. The first-order valence-corrected chi connectivity index (χ1v) is 13.2. The van der Waals surface area contributed by atoms with Crippen LogP contribution in [0, 0.1) is 11.8 Å². The van der Waals surface area contributed by atoms with Gasteiger partial charge in [-0.25, -0.2) is 4.98 Å². The molecule has 0 saturated heterocycles. The highest BCUT2D eigenvalue weighted by Crippen LogP contribution is 2.44. The number of nitrogens with two attached hydrogens (primary N) is 1. The number of allylic oxidation sites excluding steroid dienone is 2. The molecule has 1 amide bonds. The molecule has 1 atom stereocenters. The fourth-order valence-corrected chi connectivity index (χ4v) is 5.49. The van der Waals surface area contributed by atoms with Gasteiger partial charge in [-0.05, 0) is 43.5 Å². The maximum Gasteiger partial charge on any atom is 0.264 e. The predicted molar refractivity (Wildman–Crippen MR) is 151 cm³/mol. The molecule has 1 fully saturated rings. The molecule has 38 heavy (non-hydrogen) atoms. The van der Waals surface area contributed by atoms with E-state index in [1.54, 1.807) is 6.20 Å². The number of pyridine rings is 1. The van der Waals surface area contributed by atoms with E-state index in [1.807, 2.05) is 30.6 Å². The van der Waals surface area contributed by atoms with Gasteiger partial charge in [-0.15, -0.1) is 4.59 Å². The molecule has 1 aromatic heterocycles.